The quantitative estimate of drug-likeness (QED) is 0.731. The van der Waals surface area contributed by atoms with Gasteiger partial charge in [0.15, 0.2) is 0 Å². The molecule has 27 heavy (non-hydrogen) atoms. The van der Waals surface area contributed by atoms with E-state index >= 15 is 0 Å². The highest BCUT2D eigenvalue weighted by atomic mass is 35.5. The van der Waals surface area contributed by atoms with Gasteiger partial charge in [0.25, 0.3) is 0 Å². The van der Waals surface area contributed by atoms with Crippen molar-refractivity contribution in [3.8, 4) is 0 Å². The van der Waals surface area contributed by atoms with E-state index in [0.717, 1.165) is 9.87 Å². The van der Waals surface area contributed by atoms with Crippen LogP contribution >= 0.6 is 11.6 Å². The molecule has 0 unspecified atom stereocenters. The number of anilines is 1. The van der Waals surface area contributed by atoms with E-state index in [0.29, 0.717) is 10.7 Å². The fourth-order valence-corrected chi connectivity index (χ4v) is 3.74. The summed E-state index contributed by atoms with van der Waals surface area (Å²) < 4.78 is 32.2. The SMILES string of the molecule is COC(=O)c1cc(S(=O)(=O)N(C)CC(=O)Nc2cc(Cl)ccc2C)cn1C. The predicted molar refractivity (Wildman–Crippen MR) is 101 cm³/mol. The first-order valence-corrected chi connectivity index (χ1v) is 9.65. The molecule has 0 aliphatic heterocycles. The van der Waals surface area contributed by atoms with Crippen LogP contribution in [0.3, 0.4) is 0 Å². The lowest BCUT2D eigenvalue weighted by atomic mass is 10.2. The lowest BCUT2D eigenvalue weighted by Gasteiger charge is -2.16. The molecule has 0 atom stereocenters. The van der Waals surface area contributed by atoms with E-state index in [1.807, 2.05) is 0 Å². The third kappa shape index (κ3) is 4.68. The summed E-state index contributed by atoms with van der Waals surface area (Å²) in [7, 11) is 0.0459. The van der Waals surface area contributed by atoms with Crippen molar-refractivity contribution in [3.05, 3.63) is 46.7 Å². The van der Waals surface area contributed by atoms with Gasteiger partial charge in [-0.15, -0.1) is 0 Å². The number of methoxy groups -OCH3 is 1. The first-order valence-electron chi connectivity index (χ1n) is 7.83. The molecule has 0 fully saturated rings. The predicted octanol–water partition coefficient (Wildman–Crippen LogP) is 2.03. The van der Waals surface area contributed by atoms with Gasteiger partial charge in [0.2, 0.25) is 15.9 Å². The van der Waals surface area contributed by atoms with Crippen LogP contribution in [0.4, 0.5) is 5.69 Å². The maximum atomic E-state index is 12.7. The number of carbonyl (C=O) groups is 2. The molecule has 0 spiro atoms. The Bertz CT molecular complexity index is 984. The van der Waals surface area contributed by atoms with Crippen LogP contribution in [-0.4, -0.2) is 49.9 Å². The third-order valence-corrected chi connectivity index (χ3v) is 5.93. The van der Waals surface area contributed by atoms with Crippen molar-refractivity contribution < 1.29 is 22.7 Å². The molecular formula is C17H20ClN3O5S. The van der Waals surface area contributed by atoms with E-state index < -0.39 is 28.4 Å². The number of ether oxygens (including phenoxy) is 1. The van der Waals surface area contributed by atoms with Crippen LogP contribution in [0.15, 0.2) is 35.4 Å². The van der Waals surface area contributed by atoms with Gasteiger partial charge in [0, 0.05) is 31.0 Å². The highest BCUT2D eigenvalue weighted by Crippen LogP contribution is 2.21. The van der Waals surface area contributed by atoms with Crippen molar-refractivity contribution in [3.63, 3.8) is 0 Å². The lowest BCUT2D eigenvalue weighted by molar-refractivity contribution is -0.116. The second kappa shape index (κ2) is 8.12. The zero-order valence-electron chi connectivity index (χ0n) is 15.3. The van der Waals surface area contributed by atoms with Gasteiger partial charge in [-0.3, -0.25) is 4.79 Å². The van der Waals surface area contributed by atoms with Gasteiger partial charge < -0.3 is 14.6 Å². The molecule has 0 radical (unpaired) electrons. The lowest BCUT2D eigenvalue weighted by Crippen LogP contribution is -2.35. The molecule has 2 rings (SSSR count). The van der Waals surface area contributed by atoms with Crippen LogP contribution in [0.1, 0.15) is 16.1 Å². The Morgan fingerprint density at radius 2 is 1.96 bits per heavy atom. The van der Waals surface area contributed by atoms with Gasteiger partial charge >= 0.3 is 5.97 Å². The third-order valence-electron chi connectivity index (χ3n) is 3.92. The molecule has 0 bridgehead atoms. The molecule has 1 aromatic heterocycles. The van der Waals surface area contributed by atoms with Crippen molar-refractivity contribution in [2.75, 3.05) is 26.0 Å². The monoisotopic (exact) mass is 413 g/mol. The van der Waals surface area contributed by atoms with Crippen molar-refractivity contribution in [2.45, 2.75) is 11.8 Å². The van der Waals surface area contributed by atoms with Crippen molar-refractivity contribution >= 4 is 39.2 Å². The van der Waals surface area contributed by atoms with Gasteiger partial charge in [-0.05, 0) is 30.7 Å². The fraction of sp³-hybridized carbons (Fsp3) is 0.294. The molecule has 146 valence electrons. The maximum absolute atomic E-state index is 12.7. The summed E-state index contributed by atoms with van der Waals surface area (Å²) in [6.07, 6.45) is 1.29. The summed E-state index contributed by atoms with van der Waals surface area (Å²) >= 11 is 5.92. The molecule has 0 aliphatic rings. The molecule has 8 nitrogen and oxygen atoms in total. The molecule has 1 heterocycles. The van der Waals surface area contributed by atoms with E-state index in [9.17, 15) is 18.0 Å². The molecule has 0 aliphatic carbocycles. The Morgan fingerprint density at radius 3 is 2.59 bits per heavy atom. The minimum atomic E-state index is -3.97. The van der Waals surface area contributed by atoms with Crippen LogP contribution in [0, 0.1) is 6.92 Å². The average molecular weight is 414 g/mol. The largest absolute Gasteiger partial charge is 0.464 e. The first-order chi connectivity index (χ1) is 12.6. The number of halogens is 1. The van der Waals surface area contributed by atoms with Crippen LogP contribution < -0.4 is 5.32 Å². The molecule has 1 N–H and O–H groups in total. The maximum Gasteiger partial charge on any atom is 0.354 e. The number of amides is 1. The number of benzene rings is 1. The number of hydrogen-bond acceptors (Lipinski definition) is 5. The van der Waals surface area contributed by atoms with E-state index in [1.54, 1.807) is 25.1 Å². The number of nitrogens with zero attached hydrogens (tertiary/aromatic N) is 2. The normalized spacial score (nSPS) is 11.5. The number of hydrogen-bond donors (Lipinski definition) is 1. The van der Waals surface area contributed by atoms with Gasteiger partial charge in [-0.1, -0.05) is 17.7 Å². The van der Waals surface area contributed by atoms with Crippen LogP contribution in [0.25, 0.3) is 0 Å². The molecule has 0 saturated heterocycles. The second-order valence-electron chi connectivity index (χ2n) is 5.93. The summed E-state index contributed by atoms with van der Waals surface area (Å²) in [6.45, 7) is 1.39. The number of likely N-dealkylation sites (N-methyl/N-ethyl adjacent to an activating group) is 1. The number of aryl methyl sites for hydroxylation is 2. The standard InChI is InChI=1S/C17H20ClN3O5S/c1-11-5-6-12(18)7-14(11)19-16(22)10-21(3)27(24,25)13-8-15(17(23)26-4)20(2)9-13/h5-9H,10H2,1-4H3,(H,19,22). The fourth-order valence-electron chi connectivity index (χ4n) is 2.37. The van der Waals surface area contributed by atoms with Gasteiger partial charge in [0.05, 0.1) is 13.7 Å². The average Bonchev–Trinajstić information content (AvgIpc) is 2.99. The van der Waals surface area contributed by atoms with E-state index in [4.69, 9.17) is 11.6 Å². The van der Waals surface area contributed by atoms with Gasteiger partial charge in [-0.25, -0.2) is 13.2 Å². The minimum absolute atomic E-state index is 0.0866. The molecule has 1 aromatic carbocycles. The van der Waals surface area contributed by atoms with Crippen LogP contribution in [-0.2, 0) is 26.6 Å². The topological polar surface area (TPSA) is 97.7 Å². The zero-order valence-corrected chi connectivity index (χ0v) is 16.9. The highest BCUT2D eigenvalue weighted by molar-refractivity contribution is 7.89. The number of aromatic nitrogens is 1. The Morgan fingerprint density at radius 1 is 1.30 bits per heavy atom. The van der Waals surface area contributed by atoms with Crippen molar-refractivity contribution in [1.29, 1.82) is 0 Å². The second-order valence-corrected chi connectivity index (χ2v) is 8.41. The molecule has 10 heteroatoms. The molecule has 2 aromatic rings. The smallest absolute Gasteiger partial charge is 0.354 e. The Hall–Kier alpha value is -2.36. The number of esters is 1. The summed E-state index contributed by atoms with van der Waals surface area (Å²) in [5.74, 6) is -1.17. The molecular weight excluding hydrogens is 394 g/mol. The van der Waals surface area contributed by atoms with Crippen LogP contribution in [0.5, 0.6) is 0 Å². The Labute approximate surface area is 162 Å². The van der Waals surface area contributed by atoms with E-state index in [-0.39, 0.29) is 10.6 Å². The van der Waals surface area contributed by atoms with Gasteiger partial charge in [-0.2, -0.15) is 4.31 Å². The summed E-state index contributed by atoms with van der Waals surface area (Å²) in [5.41, 5.74) is 1.39. The van der Waals surface area contributed by atoms with E-state index in [2.05, 4.69) is 10.1 Å². The number of carbonyl (C=O) groups excluding carboxylic acids is 2. The number of rotatable bonds is 6. The molecule has 0 saturated carbocycles. The van der Waals surface area contributed by atoms with Crippen molar-refractivity contribution in [2.24, 2.45) is 7.05 Å². The zero-order chi connectivity index (χ0) is 20.4. The summed E-state index contributed by atoms with van der Waals surface area (Å²) in [6, 6.07) is 6.23. The van der Waals surface area contributed by atoms with E-state index in [1.165, 1.54) is 38.0 Å². The van der Waals surface area contributed by atoms with Gasteiger partial charge in [0.1, 0.15) is 10.6 Å². The Kier molecular flexibility index (Phi) is 6.30. The van der Waals surface area contributed by atoms with Crippen molar-refractivity contribution in [1.82, 2.24) is 8.87 Å². The minimum Gasteiger partial charge on any atom is -0.464 e. The highest BCUT2D eigenvalue weighted by Gasteiger charge is 2.26. The van der Waals surface area contributed by atoms with Crippen LogP contribution in [0.2, 0.25) is 5.02 Å². The Balaban J connectivity index is 2.16. The first kappa shape index (κ1) is 20.9. The number of nitrogens with one attached hydrogen (secondary N) is 1. The number of sulfonamides is 1. The summed E-state index contributed by atoms with van der Waals surface area (Å²) in [4.78, 5) is 23.8. The molecule has 1 amide bonds. The summed E-state index contributed by atoms with van der Waals surface area (Å²) in [5, 5.41) is 3.10.